The molecular weight excluding hydrogens is 312 g/mol. The normalized spacial score (nSPS) is 12.5. The first kappa shape index (κ1) is 17.6. The number of aliphatic hydroxyl groups excluding tert-OH is 1. The highest BCUT2D eigenvalue weighted by molar-refractivity contribution is 6.10. The van der Waals surface area contributed by atoms with Crippen molar-refractivity contribution in [3.63, 3.8) is 0 Å². The molecule has 0 aliphatic rings. The van der Waals surface area contributed by atoms with Crippen molar-refractivity contribution in [3.8, 4) is 5.75 Å². The van der Waals surface area contributed by atoms with Gasteiger partial charge in [-0.1, -0.05) is 38.1 Å². The largest absolute Gasteiger partial charge is 0.490 e. The molecule has 0 saturated carbocycles. The molecule has 0 bridgehead atoms. The molecule has 1 atom stereocenters. The van der Waals surface area contributed by atoms with Crippen molar-refractivity contribution in [1.29, 1.82) is 0 Å². The van der Waals surface area contributed by atoms with E-state index in [2.05, 4.69) is 36.3 Å². The van der Waals surface area contributed by atoms with E-state index in [1.165, 1.54) is 0 Å². The predicted octanol–water partition coefficient (Wildman–Crippen LogP) is 3.48. The third kappa shape index (κ3) is 3.96. The van der Waals surface area contributed by atoms with Crippen molar-refractivity contribution >= 4 is 34.2 Å². The van der Waals surface area contributed by atoms with E-state index < -0.39 is 6.10 Å². The van der Waals surface area contributed by atoms with Crippen LogP contribution in [0.5, 0.6) is 5.75 Å². The Morgan fingerprint density at radius 2 is 1.83 bits per heavy atom. The lowest BCUT2D eigenvalue weighted by molar-refractivity contribution is 0.105. The topological polar surface area (TPSA) is 57.3 Å². The number of hydrogen-bond donors (Lipinski definition) is 3. The van der Waals surface area contributed by atoms with Gasteiger partial charge in [-0.05, 0) is 18.2 Å². The van der Waals surface area contributed by atoms with Gasteiger partial charge < -0.3 is 20.1 Å². The molecule has 1 aromatic heterocycles. The average molecular weight is 335 g/mol. The number of nitrogens with one attached hydrogen (secondary N) is 2. The fourth-order valence-electron chi connectivity index (χ4n) is 2.61. The van der Waals surface area contributed by atoms with Crippen LogP contribution in [0.3, 0.4) is 0 Å². The van der Waals surface area contributed by atoms with Crippen molar-refractivity contribution in [3.05, 3.63) is 42.5 Å². The molecule has 124 valence electrons. The summed E-state index contributed by atoms with van der Waals surface area (Å²) >= 11 is 0. The average Bonchev–Trinajstić information content (AvgIpc) is 2.90. The zero-order chi connectivity index (χ0) is 15.5. The fourth-order valence-corrected chi connectivity index (χ4v) is 2.61. The van der Waals surface area contributed by atoms with Crippen LogP contribution in [0, 0.1) is 0 Å². The van der Waals surface area contributed by atoms with E-state index in [1.54, 1.807) is 0 Å². The molecule has 23 heavy (non-hydrogen) atoms. The van der Waals surface area contributed by atoms with Crippen LogP contribution in [-0.2, 0) is 0 Å². The number of ether oxygens (including phenoxy) is 1. The molecule has 0 amide bonds. The maximum absolute atomic E-state index is 10.0. The van der Waals surface area contributed by atoms with Gasteiger partial charge >= 0.3 is 0 Å². The Kier molecular flexibility index (Phi) is 5.88. The lowest BCUT2D eigenvalue weighted by Crippen LogP contribution is -2.35. The molecule has 4 nitrogen and oxygen atoms in total. The lowest BCUT2D eigenvalue weighted by Gasteiger charge is -2.15. The number of fused-ring (bicyclic) bond motifs is 3. The summed E-state index contributed by atoms with van der Waals surface area (Å²) in [4.78, 5) is 3.39. The van der Waals surface area contributed by atoms with Crippen LogP contribution >= 0.6 is 12.4 Å². The Morgan fingerprint density at radius 3 is 2.61 bits per heavy atom. The maximum Gasteiger partial charge on any atom is 0.129 e. The second-order valence-corrected chi connectivity index (χ2v) is 5.88. The molecular formula is C18H23ClN2O2. The maximum atomic E-state index is 10.0. The van der Waals surface area contributed by atoms with Gasteiger partial charge in [0.25, 0.3) is 0 Å². The monoisotopic (exact) mass is 334 g/mol. The minimum Gasteiger partial charge on any atom is -0.490 e. The molecule has 0 spiro atoms. The van der Waals surface area contributed by atoms with E-state index >= 15 is 0 Å². The molecule has 0 radical (unpaired) electrons. The summed E-state index contributed by atoms with van der Waals surface area (Å²) in [7, 11) is 0. The Labute approximate surface area is 142 Å². The molecule has 5 heteroatoms. The van der Waals surface area contributed by atoms with Crippen LogP contribution in [0.15, 0.2) is 42.5 Å². The number of aromatic nitrogens is 1. The second kappa shape index (κ2) is 7.68. The summed E-state index contributed by atoms with van der Waals surface area (Å²) in [5, 5.41) is 15.4. The molecule has 3 rings (SSSR count). The van der Waals surface area contributed by atoms with Crippen LogP contribution in [0.4, 0.5) is 0 Å². The zero-order valence-corrected chi connectivity index (χ0v) is 14.2. The van der Waals surface area contributed by atoms with Gasteiger partial charge in [0, 0.05) is 28.9 Å². The SMILES string of the molecule is CC(C)NC[C@H](O)COc1cccc2[nH]c3ccccc3c12.Cl. The van der Waals surface area contributed by atoms with Gasteiger partial charge in [0.15, 0.2) is 0 Å². The second-order valence-electron chi connectivity index (χ2n) is 5.88. The van der Waals surface area contributed by atoms with Crippen LogP contribution in [0.1, 0.15) is 13.8 Å². The first-order chi connectivity index (χ1) is 10.6. The summed E-state index contributed by atoms with van der Waals surface area (Å²) < 4.78 is 5.87. The number of hydrogen-bond acceptors (Lipinski definition) is 3. The van der Waals surface area contributed by atoms with E-state index in [1.807, 2.05) is 30.3 Å². The molecule has 3 N–H and O–H groups in total. The van der Waals surface area contributed by atoms with E-state index in [0.29, 0.717) is 12.6 Å². The Morgan fingerprint density at radius 1 is 1.09 bits per heavy atom. The summed E-state index contributed by atoms with van der Waals surface area (Å²) in [6.45, 7) is 4.92. The highest BCUT2D eigenvalue weighted by atomic mass is 35.5. The molecule has 0 aliphatic carbocycles. The molecule has 0 saturated heterocycles. The van der Waals surface area contributed by atoms with Crippen molar-refractivity contribution in [1.82, 2.24) is 10.3 Å². The number of rotatable bonds is 6. The number of para-hydroxylation sites is 1. The van der Waals surface area contributed by atoms with Gasteiger partial charge in [-0.25, -0.2) is 0 Å². The number of benzene rings is 2. The third-order valence-corrected chi connectivity index (χ3v) is 3.68. The van der Waals surface area contributed by atoms with Crippen LogP contribution < -0.4 is 10.1 Å². The first-order valence-corrected chi connectivity index (χ1v) is 7.69. The highest BCUT2D eigenvalue weighted by Crippen LogP contribution is 2.32. The molecule has 1 heterocycles. The van der Waals surface area contributed by atoms with E-state index in [4.69, 9.17) is 4.74 Å². The quantitative estimate of drug-likeness (QED) is 0.647. The Hall–Kier alpha value is -1.75. The Bertz CT molecular complexity index is 770. The molecule has 2 aromatic carbocycles. The Balaban J connectivity index is 0.00000192. The summed E-state index contributed by atoms with van der Waals surface area (Å²) in [6, 6.07) is 14.5. The van der Waals surface area contributed by atoms with Crippen LogP contribution in [0.25, 0.3) is 21.8 Å². The summed E-state index contributed by atoms with van der Waals surface area (Å²) in [5.74, 6) is 0.804. The van der Waals surface area contributed by atoms with E-state index in [-0.39, 0.29) is 19.0 Å². The first-order valence-electron chi connectivity index (χ1n) is 7.69. The lowest BCUT2D eigenvalue weighted by atomic mass is 10.1. The zero-order valence-electron chi connectivity index (χ0n) is 13.4. The van der Waals surface area contributed by atoms with Crippen LogP contribution in [-0.4, -0.2) is 35.4 Å². The molecule has 3 aromatic rings. The van der Waals surface area contributed by atoms with Gasteiger partial charge in [0.2, 0.25) is 0 Å². The van der Waals surface area contributed by atoms with Gasteiger partial charge in [0.1, 0.15) is 18.5 Å². The summed E-state index contributed by atoms with van der Waals surface area (Å²) in [6.07, 6.45) is -0.525. The molecule has 0 fully saturated rings. The number of H-pyrrole nitrogens is 1. The summed E-state index contributed by atoms with van der Waals surface area (Å²) in [5.41, 5.74) is 2.14. The fraction of sp³-hybridized carbons (Fsp3) is 0.333. The van der Waals surface area contributed by atoms with Crippen molar-refractivity contribution in [2.45, 2.75) is 26.0 Å². The number of aliphatic hydroxyl groups is 1. The number of aromatic amines is 1. The molecule has 0 unspecified atom stereocenters. The van der Waals surface area contributed by atoms with Crippen molar-refractivity contribution in [2.75, 3.05) is 13.2 Å². The minimum absolute atomic E-state index is 0. The minimum atomic E-state index is -0.525. The number of halogens is 1. The van der Waals surface area contributed by atoms with Crippen molar-refractivity contribution in [2.24, 2.45) is 0 Å². The van der Waals surface area contributed by atoms with Gasteiger partial charge in [-0.3, -0.25) is 0 Å². The van der Waals surface area contributed by atoms with Gasteiger partial charge in [-0.15, -0.1) is 12.4 Å². The van der Waals surface area contributed by atoms with E-state index in [0.717, 1.165) is 27.6 Å². The van der Waals surface area contributed by atoms with Gasteiger partial charge in [0.05, 0.1) is 5.52 Å². The third-order valence-electron chi connectivity index (χ3n) is 3.68. The van der Waals surface area contributed by atoms with Crippen LogP contribution in [0.2, 0.25) is 0 Å². The standard InChI is InChI=1S/C18H22N2O2.ClH/c1-12(2)19-10-13(21)11-22-17-9-5-8-16-18(17)14-6-3-4-7-15(14)20-16;/h3-9,12-13,19-21H,10-11H2,1-2H3;1H/t13-;/m0./s1. The predicted molar refractivity (Wildman–Crippen MR) is 97.7 cm³/mol. The molecule has 0 aliphatic heterocycles. The highest BCUT2D eigenvalue weighted by Gasteiger charge is 2.11. The van der Waals surface area contributed by atoms with E-state index in [9.17, 15) is 5.11 Å². The smallest absolute Gasteiger partial charge is 0.129 e. The van der Waals surface area contributed by atoms with Crippen molar-refractivity contribution < 1.29 is 9.84 Å². The van der Waals surface area contributed by atoms with Gasteiger partial charge in [-0.2, -0.15) is 0 Å².